The van der Waals surface area contributed by atoms with Crippen molar-refractivity contribution >= 4 is 17.5 Å². The summed E-state index contributed by atoms with van der Waals surface area (Å²) in [5, 5.41) is 0.586. The second-order valence-corrected chi connectivity index (χ2v) is 8.53. The van der Waals surface area contributed by atoms with Gasteiger partial charge in [-0.05, 0) is 30.0 Å². The van der Waals surface area contributed by atoms with Gasteiger partial charge in [0.15, 0.2) is 0 Å². The van der Waals surface area contributed by atoms with Crippen molar-refractivity contribution in [2.24, 2.45) is 0 Å². The summed E-state index contributed by atoms with van der Waals surface area (Å²) >= 11 is 6.19. The zero-order valence-electron chi connectivity index (χ0n) is 16.5. The van der Waals surface area contributed by atoms with E-state index in [2.05, 4.69) is 17.1 Å². The Morgan fingerprint density at radius 1 is 1.10 bits per heavy atom. The molecule has 0 saturated heterocycles. The molecule has 5 nitrogen and oxygen atoms in total. The Hall–Kier alpha value is -2.92. The Bertz CT molecular complexity index is 1170. The van der Waals surface area contributed by atoms with Crippen molar-refractivity contribution in [1.29, 1.82) is 0 Å². The molecule has 2 aliphatic rings. The van der Waals surface area contributed by atoms with Gasteiger partial charge >= 0.3 is 0 Å². The lowest BCUT2D eigenvalue weighted by molar-refractivity contribution is -0.131. The monoisotopic (exact) mass is 419 g/mol. The molecule has 2 heterocycles. The number of carbonyl (C=O) groups is 1. The zero-order chi connectivity index (χ0) is 20.7. The number of aromatic nitrogens is 2. The first-order valence-corrected chi connectivity index (χ1v) is 10.6. The predicted octanol–water partition coefficient (Wildman–Crippen LogP) is 3.63. The van der Waals surface area contributed by atoms with E-state index in [9.17, 15) is 9.59 Å². The van der Waals surface area contributed by atoms with E-state index < -0.39 is 0 Å². The number of benzene rings is 2. The van der Waals surface area contributed by atoms with E-state index in [1.54, 1.807) is 11.0 Å². The number of hydrogen-bond acceptors (Lipinski definition) is 3. The summed E-state index contributed by atoms with van der Waals surface area (Å²) in [5.74, 6) is 0.730. The topological polar surface area (TPSA) is 66.1 Å². The molecular formula is C24H22ClN3O2. The standard InChI is InChI=1S/C24H22ClN3O2/c25-19-9-5-4-6-16(19)14-21(29)28-13-10-20-18(15-28)22(30)27-23(26-20)24(11-12-24)17-7-2-1-3-8-17/h1-9H,10-15H2,(H,26,27,30). The van der Waals surface area contributed by atoms with Crippen molar-refractivity contribution in [2.45, 2.75) is 37.6 Å². The minimum Gasteiger partial charge on any atom is -0.337 e. The fraction of sp³-hybridized carbons (Fsp3) is 0.292. The second kappa shape index (κ2) is 7.40. The van der Waals surface area contributed by atoms with Crippen LogP contribution >= 0.6 is 11.6 Å². The minimum absolute atomic E-state index is 0.0276. The molecule has 1 aromatic heterocycles. The van der Waals surface area contributed by atoms with Gasteiger partial charge in [0.2, 0.25) is 5.91 Å². The van der Waals surface area contributed by atoms with Crippen molar-refractivity contribution < 1.29 is 4.79 Å². The number of H-pyrrole nitrogens is 1. The van der Waals surface area contributed by atoms with Crippen LogP contribution in [0.3, 0.4) is 0 Å². The number of carbonyl (C=O) groups excluding carboxylic acids is 1. The summed E-state index contributed by atoms with van der Waals surface area (Å²) in [6, 6.07) is 17.6. The van der Waals surface area contributed by atoms with E-state index in [0.717, 1.165) is 29.9 Å². The van der Waals surface area contributed by atoms with Crippen LogP contribution in [0.2, 0.25) is 5.02 Å². The quantitative estimate of drug-likeness (QED) is 0.702. The van der Waals surface area contributed by atoms with E-state index in [4.69, 9.17) is 16.6 Å². The van der Waals surface area contributed by atoms with Crippen molar-refractivity contribution in [1.82, 2.24) is 14.9 Å². The first-order valence-electron chi connectivity index (χ1n) is 10.3. The number of hydrogen-bond donors (Lipinski definition) is 1. The van der Waals surface area contributed by atoms with Gasteiger partial charge in [-0.2, -0.15) is 0 Å². The number of nitrogens with one attached hydrogen (secondary N) is 1. The molecule has 1 amide bonds. The molecule has 6 heteroatoms. The highest BCUT2D eigenvalue weighted by atomic mass is 35.5. The summed E-state index contributed by atoms with van der Waals surface area (Å²) in [5.41, 5.74) is 3.11. The third-order valence-corrected chi connectivity index (χ3v) is 6.62. The highest BCUT2D eigenvalue weighted by molar-refractivity contribution is 6.31. The highest BCUT2D eigenvalue weighted by Gasteiger charge is 2.48. The Morgan fingerprint density at radius 2 is 1.83 bits per heavy atom. The lowest BCUT2D eigenvalue weighted by Gasteiger charge is -2.29. The Morgan fingerprint density at radius 3 is 2.57 bits per heavy atom. The van der Waals surface area contributed by atoms with Crippen LogP contribution in [0.5, 0.6) is 0 Å². The first-order chi connectivity index (χ1) is 14.6. The lowest BCUT2D eigenvalue weighted by atomic mass is 9.94. The van der Waals surface area contributed by atoms with Gasteiger partial charge in [-0.1, -0.05) is 60.1 Å². The number of nitrogens with zero attached hydrogens (tertiary/aromatic N) is 2. The predicted molar refractivity (Wildman–Crippen MR) is 116 cm³/mol. The average Bonchev–Trinajstić information content (AvgIpc) is 3.58. The van der Waals surface area contributed by atoms with E-state index in [0.29, 0.717) is 30.1 Å². The van der Waals surface area contributed by atoms with Crippen molar-refractivity contribution in [2.75, 3.05) is 6.54 Å². The fourth-order valence-electron chi connectivity index (χ4n) is 4.33. The molecule has 152 valence electrons. The van der Waals surface area contributed by atoms with Crippen LogP contribution < -0.4 is 5.56 Å². The van der Waals surface area contributed by atoms with Crippen molar-refractivity contribution in [3.8, 4) is 0 Å². The molecular weight excluding hydrogens is 398 g/mol. The van der Waals surface area contributed by atoms with Crippen LogP contribution in [0, 0.1) is 0 Å². The molecule has 0 unspecified atom stereocenters. The number of halogens is 1. The highest BCUT2D eigenvalue weighted by Crippen LogP contribution is 2.51. The Balaban J connectivity index is 1.39. The van der Waals surface area contributed by atoms with Crippen LogP contribution in [-0.4, -0.2) is 27.3 Å². The summed E-state index contributed by atoms with van der Waals surface area (Å²) < 4.78 is 0. The number of amides is 1. The van der Waals surface area contributed by atoms with E-state index >= 15 is 0 Å². The van der Waals surface area contributed by atoms with Crippen LogP contribution in [0.25, 0.3) is 0 Å². The molecule has 0 bridgehead atoms. The maximum Gasteiger partial charge on any atom is 0.256 e. The SMILES string of the molecule is O=C(Cc1ccccc1Cl)N1CCc2nc(C3(c4ccccc4)CC3)[nH]c(=O)c2C1. The smallest absolute Gasteiger partial charge is 0.256 e. The molecule has 1 N–H and O–H groups in total. The number of rotatable bonds is 4. The van der Waals surface area contributed by atoms with Crippen molar-refractivity contribution in [3.05, 3.63) is 98.2 Å². The largest absolute Gasteiger partial charge is 0.337 e. The Labute approximate surface area is 179 Å². The lowest BCUT2D eigenvalue weighted by Crippen LogP contribution is -2.41. The second-order valence-electron chi connectivity index (χ2n) is 8.12. The van der Waals surface area contributed by atoms with Gasteiger partial charge in [0, 0.05) is 18.0 Å². The molecule has 0 radical (unpaired) electrons. The van der Waals surface area contributed by atoms with E-state index in [1.165, 1.54) is 5.56 Å². The average molecular weight is 420 g/mol. The molecule has 3 aromatic rings. The molecule has 1 saturated carbocycles. The maximum absolute atomic E-state index is 12.9. The number of fused-ring (bicyclic) bond motifs is 1. The first kappa shape index (κ1) is 19.1. The van der Waals surface area contributed by atoms with Crippen LogP contribution in [0.1, 0.15) is 41.1 Å². The third kappa shape index (κ3) is 3.33. The summed E-state index contributed by atoms with van der Waals surface area (Å²) in [7, 11) is 0. The van der Waals surface area contributed by atoms with Crippen LogP contribution in [0.15, 0.2) is 59.4 Å². The van der Waals surface area contributed by atoms with Crippen LogP contribution in [-0.2, 0) is 29.6 Å². The molecule has 2 aromatic carbocycles. The van der Waals surface area contributed by atoms with Gasteiger partial charge in [-0.15, -0.1) is 0 Å². The molecule has 30 heavy (non-hydrogen) atoms. The van der Waals surface area contributed by atoms with Gasteiger partial charge in [-0.3, -0.25) is 9.59 Å². The van der Waals surface area contributed by atoms with Gasteiger partial charge < -0.3 is 9.88 Å². The molecule has 1 fully saturated rings. The van der Waals surface area contributed by atoms with Gasteiger partial charge in [0.1, 0.15) is 5.82 Å². The maximum atomic E-state index is 12.9. The molecule has 0 atom stereocenters. The molecule has 5 rings (SSSR count). The van der Waals surface area contributed by atoms with Crippen LogP contribution in [0.4, 0.5) is 0 Å². The minimum atomic E-state index is -0.174. The summed E-state index contributed by atoms with van der Waals surface area (Å²) in [6.07, 6.45) is 2.79. The van der Waals surface area contributed by atoms with Gasteiger partial charge in [0.05, 0.1) is 29.6 Å². The Kier molecular flexibility index (Phi) is 4.70. The van der Waals surface area contributed by atoms with Gasteiger partial charge in [0.25, 0.3) is 5.56 Å². The number of aromatic amines is 1. The van der Waals surface area contributed by atoms with Gasteiger partial charge in [-0.25, -0.2) is 4.98 Å². The fourth-order valence-corrected chi connectivity index (χ4v) is 4.53. The molecule has 1 aliphatic carbocycles. The normalized spacial score (nSPS) is 16.8. The van der Waals surface area contributed by atoms with E-state index in [-0.39, 0.29) is 23.3 Å². The summed E-state index contributed by atoms with van der Waals surface area (Å²) in [6.45, 7) is 0.851. The van der Waals surface area contributed by atoms with E-state index in [1.807, 2.05) is 36.4 Å². The van der Waals surface area contributed by atoms with Crippen molar-refractivity contribution in [3.63, 3.8) is 0 Å². The third-order valence-electron chi connectivity index (χ3n) is 6.25. The molecule has 0 spiro atoms. The zero-order valence-corrected chi connectivity index (χ0v) is 17.3. The molecule has 1 aliphatic heterocycles. The summed E-state index contributed by atoms with van der Waals surface area (Å²) in [4.78, 5) is 35.3.